The maximum absolute atomic E-state index is 12.9. The summed E-state index contributed by atoms with van der Waals surface area (Å²) in [5.74, 6) is -1.77. The van der Waals surface area contributed by atoms with Crippen LogP contribution in [0.4, 0.5) is 0 Å². The second kappa shape index (κ2) is 10.5. The third-order valence-corrected chi connectivity index (χ3v) is 7.66. The second-order valence-corrected chi connectivity index (χ2v) is 11.2. The van der Waals surface area contributed by atoms with Gasteiger partial charge in [-0.15, -0.1) is 0 Å². The van der Waals surface area contributed by atoms with Gasteiger partial charge in [-0.25, -0.2) is 4.98 Å². The Bertz CT molecular complexity index is 1270. The number of aromatic amines is 1. The molecule has 0 spiro atoms. The first-order valence-electron chi connectivity index (χ1n) is 12.0. The minimum Gasteiger partial charge on any atom is -0.462 e. The molecule has 1 aliphatic heterocycles. The van der Waals surface area contributed by atoms with Gasteiger partial charge in [0.1, 0.15) is 30.8 Å². The van der Waals surface area contributed by atoms with Gasteiger partial charge in [-0.3, -0.25) is 24.4 Å². The number of esters is 2. The van der Waals surface area contributed by atoms with Crippen molar-refractivity contribution in [2.24, 2.45) is 16.6 Å². The van der Waals surface area contributed by atoms with Gasteiger partial charge in [-0.2, -0.15) is 0 Å². The molecule has 0 unspecified atom stereocenters. The highest BCUT2D eigenvalue weighted by Gasteiger charge is 2.49. The summed E-state index contributed by atoms with van der Waals surface area (Å²) in [6.07, 6.45) is -2.42. The number of hydrogen-bond acceptors (Lipinski definition) is 9. The van der Waals surface area contributed by atoms with E-state index in [1.807, 2.05) is 13.8 Å². The fourth-order valence-corrected chi connectivity index (χ4v) is 4.28. The highest BCUT2D eigenvalue weighted by molar-refractivity contribution is 9.10. The molecule has 37 heavy (non-hydrogen) atoms. The molecular formula is C24H34BrN5O7. The number of nitrogens with two attached hydrogens (primary N) is 1. The molecule has 2 aromatic heterocycles. The largest absolute Gasteiger partial charge is 0.462 e. The Morgan fingerprint density at radius 3 is 2.38 bits per heavy atom. The zero-order chi connectivity index (χ0) is 27.9. The van der Waals surface area contributed by atoms with Crippen LogP contribution in [0.25, 0.3) is 11.0 Å². The average Bonchev–Trinajstić information content (AvgIpc) is 3.35. The molecule has 12 nitrogen and oxygen atoms in total. The molecule has 4 atom stereocenters. The number of H-pyrrole nitrogens is 1. The van der Waals surface area contributed by atoms with Crippen LogP contribution < -0.4 is 11.2 Å². The smallest absolute Gasteiger partial charge is 0.311 e. The fraction of sp³-hybridized carbons (Fsp3) is 0.625. The molecule has 13 heteroatoms. The van der Waals surface area contributed by atoms with Crippen molar-refractivity contribution < 1.29 is 33.7 Å². The van der Waals surface area contributed by atoms with Crippen LogP contribution in [0.2, 0.25) is 0 Å². The van der Waals surface area contributed by atoms with Crippen molar-refractivity contribution in [3.63, 3.8) is 0 Å². The van der Waals surface area contributed by atoms with E-state index in [1.54, 1.807) is 27.7 Å². The van der Waals surface area contributed by atoms with Crippen molar-refractivity contribution in [2.45, 2.75) is 78.9 Å². The Balaban J connectivity index is 2.02. The molecule has 1 aliphatic rings. The molecule has 1 saturated heterocycles. The molecule has 3 rings (SSSR count). The van der Waals surface area contributed by atoms with E-state index in [9.17, 15) is 19.5 Å². The Labute approximate surface area is 222 Å². The van der Waals surface area contributed by atoms with E-state index in [0.717, 1.165) is 0 Å². The minimum absolute atomic E-state index is 0.0225. The van der Waals surface area contributed by atoms with Crippen LogP contribution in [0.15, 0.2) is 10.9 Å². The molecule has 0 aromatic carbocycles. The molecular weight excluding hydrogens is 550 g/mol. The van der Waals surface area contributed by atoms with Crippen molar-refractivity contribution in [2.75, 3.05) is 6.61 Å². The maximum atomic E-state index is 12.9. The van der Waals surface area contributed by atoms with Crippen LogP contribution in [0.5, 0.6) is 0 Å². The number of aromatic nitrogens is 3. The molecule has 2 aromatic rings. The highest BCUT2D eigenvalue weighted by Crippen LogP contribution is 2.36. The molecule has 1 amide bonds. The fourth-order valence-electron chi connectivity index (χ4n) is 3.70. The number of hydrogen-bond donors (Lipinski definition) is 4. The number of fused-ring (bicyclic) bond motifs is 1. The summed E-state index contributed by atoms with van der Waals surface area (Å²) in [4.78, 5) is 44.5. The highest BCUT2D eigenvalue weighted by atomic mass is 79.9. The van der Waals surface area contributed by atoms with E-state index in [-0.39, 0.29) is 33.3 Å². The SMILES string of the molecule is CCC(C)(C)C(=O)OC[C@@H]1O[C@H](n2cnc(=N)c3c(C(N)=O)c(Br)[nH]c32)[C@@H](O)[C@@H]1OC(=O)C(C)(C)CC. The lowest BCUT2D eigenvalue weighted by Gasteiger charge is -2.27. The van der Waals surface area contributed by atoms with E-state index >= 15 is 0 Å². The predicted molar refractivity (Wildman–Crippen MR) is 135 cm³/mol. The van der Waals surface area contributed by atoms with E-state index in [0.29, 0.717) is 12.8 Å². The van der Waals surface area contributed by atoms with Gasteiger partial charge in [0.15, 0.2) is 17.8 Å². The third-order valence-electron chi connectivity index (χ3n) is 7.07. The minimum atomic E-state index is -1.40. The summed E-state index contributed by atoms with van der Waals surface area (Å²) in [5.41, 5.74) is 3.98. The number of nitrogens with one attached hydrogen (secondary N) is 2. The standard InChI is InChI=1S/C24H34BrN5O7/c1-7-23(3,4)21(33)35-9-11-15(37-22(34)24(5,6)8-2)14(31)20(36-11)30-10-28-17(26)13-12(18(27)32)16(25)29-19(13)30/h10-11,14-15,20,26,29,31H,7-9H2,1-6H3,(H2,27,32)/t11-,14-,15+,20-/m0/s1. The van der Waals surface area contributed by atoms with Gasteiger partial charge < -0.3 is 30.0 Å². The summed E-state index contributed by atoms with van der Waals surface area (Å²) >= 11 is 3.24. The van der Waals surface area contributed by atoms with E-state index in [4.69, 9.17) is 25.4 Å². The summed E-state index contributed by atoms with van der Waals surface area (Å²) < 4.78 is 18.9. The van der Waals surface area contributed by atoms with Crippen molar-refractivity contribution >= 4 is 44.8 Å². The predicted octanol–water partition coefficient (Wildman–Crippen LogP) is 2.29. The Hall–Kier alpha value is -2.77. The number of amides is 1. The summed E-state index contributed by atoms with van der Waals surface area (Å²) in [6.45, 7) is 10.4. The molecule has 0 saturated carbocycles. The summed E-state index contributed by atoms with van der Waals surface area (Å²) in [7, 11) is 0. The number of carbonyl (C=O) groups is 3. The summed E-state index contributed by atoms with van der Waals surface area (Å²) in [6, 6.07) is 0. The molecule has 5 N–H and O–H groups in total. The Morgan fingerprint density at radius 2 is 1.81 bits per heavy atom. The van der Waals surface area contributed by atoms with Crippen molar-refractivity contribution in [1.29, 1.82) is 5.41 Å². The number of rotatable bonds is 9. The molecule has 0 aliphatic carbocycles. The van der Waals surface area contributed by atoms with Crippen LogP contribution >= 0.6 is 15.9 Å². The first-order valence-corrected chi connectivity index (χ1v) is 12.8. The van der Waals surface area contributed by atoms with Crippen molar-refractivity contribution in [1.82, 2.24) is 14.5 Å². The zero-order valence-corrected chi connectivity index (χ0v) is 23.3. The first-order chi connectivity index (χ1) is 17.2. The molecule has 0 radical (unpaired) electrons. The molecule has 1 fully saturated rings. The second-order valence-electron chi connectivity index (χ2n) is 10.4. The zero-order valence-electron chi connectivity index (χ0n) is 21.8. The number of ether oxygens (including phenoxy) is 3. The van der Waals surface area contributed by atoms with Gasteiger partial charge in [0.2, 0.25) is 0 Å². The normalized spacial score (nSPS) is 22.3. The molecule has 3 heterocycles. The number of nitrogens with zero attached hydrogens (tertiary/aromatic N) is 2. The van der Waals surface area contributed by atoms with E-state index in [2.05, 4.69) is 25.9 Å². The van der Waals surface area contributed by atoms with Crippen LogP contribution in [-0.2, 0) is 23.8 Å². The van der Waals surface area contributed by atoms with Gasteiger partial charge in [0.05, 0.1) is 26.4 Å². The number of aliphatic hydroxyl groups is 1. The maximum Gasteiger partial charge on any atom is 0.311 e. The van der Waals surface area contributed by atoms with Gasteiger partial charge in [0.25, 0.3) is 5.91 Å². The number of primary amides is 1. The first kappa shape index (κ1) is 28.8. The quantitative estimate of drug-likeness (QED) is 0.324. The lowest BCUT2D eigenvalue weighted by Crippen LogP contribution is -2.42. The molecule has 0 bridgehead atoms. The average molecular weight is 584 g/mol. The third kappa shape index (κ3) is 5.43. The van der Waals surface area contributed by atoms with E-state index in [1.165, 1.54) is 10.9 Å². The topological polar surface area (TPSA) is 183 Å². The Kier molecular flexibility index (Phi) is 8.20. The monoisotopic (exact) mass is 583 g/mol. The lowest BCUT2D eigenvalue weighted by molar-refractivity contribution is -0.171. The van der Waals surface area contributed by atoms with Gasteiger partial charge in [-0.1, -0.05) is 13.8 Å². The van der Waals surface area contributed by atoms with Crippen LogP contribution in [-0.4, -0.2) is 62.4 Å². The van der Waals surface area contributed by atoms with Crippen LogP contribution in [0.1, 0.15) is 71.0 Å². The van der Waals surface area contributed by atoms with Crippen molar-refractivity contribution in [3.8, 4) is 0 Å². The van der Waals surface area contributed by atoms with Crippen LogP contribution in [0.3, 0.4) is 0 Å². The van der Waals surface area contributed by atoms with Gasteiger partial charge >= 0.3 is 11.9 Å². The Morgan fingerprint density at radius 1 is 1.22 bits per heavy atom. The van der Waals surface area contributed by atoms with E-state index < -0.39 is 53.2 Å². The van der Waals surface area contributed by atoms with Crippen molar-refractivity contribution in [3.05, 3.63) is 22.0 Å². The summed E-state index contributed by atoms with van der Waals surface area (Å²) in [5, 5.41) is 19.6. The van der Waals surface area contributed by atoms with Gasteiger partial charge in [-0.05, 0) is 56.5 Å². The number of halogens is 1. The van der Waals surface area contributed by atoms with Crippen LogP contribution in [0, 0.1) is 16.2 Å². The number of aliphatic hydroxyl groups excluding tert-OH is 1. The number of carbonyl (C=O) groups excluding carboxylic acids is 3. The van der Waals surface area contributed by atoms with Gasteiger partial charge in [0, 0.05) is 0 Å². The molecule has 204 valence electrons. The lowest BCUT2D eigenvalue weighted by atomic mass is 9.90.